The Morgan fingerprint density at radius 3 is 2.47 bits per heavy atom. The fraction of sp³-hybridized carbons (Fsp3) is 0.500. The van der Waals surface area contributed by atoms with E-state index in [1.165, 1.54) is 0 Å². The second-order valence-electron chi connectivity index (χ2n) is 4.56. The molecule has 0 atom stereocenters. The van der Waals surface area contributed by atoms with E-state index < -0.39 is 10.0 Å². The molecule has 0 aliphatic rings. The fourth-order valence-corrected chi connectivity index (χ4v) is 2.55. The number of benzene rings is 1. The van der Waals surface area contributed by atoms with Crippen molar-refractivity contribution in [2.75, 3.05) is 20.6 Å². The van der Waals surface area contributed by atoms with Gasteiger partial charge in [-0.05, 0) is 52.0 Å². The molecule has 4 nitrogen and oxygen atoms in total. The SMILES string of the molecule is Cc1ccc(S(N)(=O)=O)c(CCCN(C)C)c1. The van der Waals surface area contributed by atoms with E-state index in [2.05, 4.69) is 4.90 Å². The quantitative estimate of drug-likeness (QED) is 0.859. The van der Waals surface area contributed by atoms with Crippen molar-refractivity contribution in [1.82, 2.24) is 4.90 Å². The van der Waals surface area contributed by atoms with Crippen LogP contribution in [0.2, 0.25) is 0 Å². The summed E-state index contributed by atoms with van der Waals surface area (Å²) in [4.78, 5) is 2.33. The van der Waals surface area contributed by atoms with Crippen LogP contribution in [0.4, 0.5) is 0 Å². The molecule has 0 aliphatic carbocycles. The highest BCUT2D eigenvalue weighted by Crippen LogP contribution is 2.17. The van der Waals surface area contributed by atoms with Crippen molar-refractivity contribution in [1.29, 1.82) is 0 Å². The third-order valence-corrected chi connectivity index (χ3v) is 3.59. The van der Waals surface area contributed by atoms with Crippen LogP contribution >= 0.6 is 0 Å². The average molecular weight is 256 g/mol. The molecule has 2 N–H and O–H groups in total. The lowest BCUT2D eigenvalue weighted by atomic mass is 10.1. The van der Waals surface area contributed by atoms with E-state index >= 15 is 0 Å². The Hall–Kier alpha value is -0.910. The Kier molecular flexibility index (Phi) is 4.68. The average Bonchev–Trinajstić information content (AvgIpc) is 2.15. The number of nitrogens with two attached hydrogens (primary N) is 1. The van der Waals surface area contributed by atoms with Crippen molar-refractivity contribution in [3.63, 3.8) is 0 Å². The van der Waals surface area contributed by atoms with Crippen LogP contribution in [0.5, 0.6) is 0 Å². The molecule has 17 heavy (non-hydrogen) atoms. The molecule has 0 spiro atoms. The number of rotatable bonds is 5. The van der Waals surface area contributed by atoms with Gasteiger partial charge in [-0.3, -0.25) is 0 Å². The Morgan fingerprint density at radius 1 is 1.29 bits per heavy atom. The van der Waals surface area contributed by atoms with Gasteiger partial charge in [0.2, 0.25) is 10.0 Å². The first-order valence-electron chi connectivity index (χ1n) is 5.58. The zero-order chi connectivity index (χ0) is 13.1. The van der Waals surface area contributed by atoms with Crippen molar-refractivity contribution < 1.29 is 8.42 Å². The minimum Gasteiger partial charge on any atom is -0.309 e. The molecule has 0 aliphatic heterocycles. The minimum absolute atomic E-state index is 0.252. The highest BCUT2D eigenvalue weighted by molar-refractivity contribution is 7.89. The van der Waals surface area contributed by atoms with Gasteiger partial charge in [0.25, 0.3) is 0 Å². The number of hydrogen-bond acceptors (Lipinski definition) is 3. The summed E-state index contributed by atoms with van der Waals surface area (Å²) in [6, 6.07) is 5.26. The summed E-state index contributed by atoms with van der Waals surface area (Å²) in [5, 5.41) is 5.20. The number of primary sulfonamides is 1. The van der Waals surface area contributed by atoms with Crippen LogP contribution in [0.15, 0.2) is 23.1 Å². The highest BCUT2D eigenvalue weighted by atomic mass is 32.2. The molecule has 1 aromatic rings. The lowest BCUT2D eigenvalue weighted by Crippen LogP contribution is -2.17. The summed E-state index contributed by atoms with van der Waals surface area (Å²) in [7, 11) is 0.379. The maximum Gasteiger partial charge on any atom is 0.238 e. The first kappa shape index (κ1) is 14.2. The molecule has 0 radical (unpaired) electrons. The molecule has 96 valence electrons. The van der Waals surface area contributed by atoms with E-state index in [0.29, 0.717) is 0 Å². The minimum atomic E-state index is -3.61. The molecule has 0 fully saturated rings. The molecular weight excluding hydrogens is 236 g/mol. The van der Waals surface area contributed by atoms with Crippen LogP contribution in [0.25, 0.3) is 0 Å². The first-order valence-corrected chi connectivity index (χ1v) is 7.12. The second kappa shape index (κ2) is 5.62. The van der Waals surface area contributed by atoms with Crippen molar-refractivity contribution in [2.45, 2.75) is 24.7 Å². The highest BCUT2D eigenvalue weighted by Gasteiger charge is 2.13. The molecule has 0 aromatic heterocycles. The molecule has 0 unspecified atom stereocenters. The molecule has 5 heteroatoms. The topological polar surface area (TPSA) is 63.4 Å². The Morgan fingerprint density at radius 2 is 1.94 bits per heavy atom. The number of sulfonamides is 1. The standard InChI is InChI=1S/C12H20N2O2S/c1-10-6-7-12(17(13,15)16)11(9-10)5-4-8-14(2)3/h6-7,9H,4-5,8H2,1-3H3,(H2,13,15,16). The van der Waals surface area contributed by atoms with E-state index in [9.17, 15) is 8.42 Å². The van der Waals surface area contributed by atoms with Crippen LogP contribution < -0.4 is 5.14 Å². The number of aryl methyl sites for hydroxylation is 2. The van der Waals surface area contributed by atoms with Crippen LogP contribution in [0.1, 0.15) is 17.5 Å². The first-order chi connectivity index (χ1) is 7.80. The van der Waals surface area contributed by atoms with E-state index in [0.717, 1.165) is 30.5 Å². The summed E-state index contributed by atoms with van der Waals surface area (Å²) in [5.74, 6) is 0. The predicted octanol–water partition coefficient (Wildman–Crippen LogP) is 1.14. The van der Waals surface area contributed by atoms with Gasteiger partial charge in [0.15, 0.2) is 0 Å². The van der Waals surface area contributed by atoms with Gasteiger partial charge >= 0.3 is 0 Å². The lowest BCUT2D eigenvalue weighted by molar-refractivity contribution is 0.400. The zero-order valence-corrected chi connectivity index (χ0v) is 11.4. The van der Waals surface area contributed by atoms with Crippen LogP contribution in [0.3, 0.4) is 0 Å². The summed E-state index contributed by atoms with van der Waals surface area (Å²) in [6.07, 6.45) is 1.64. The summed E-state index contributed by atoms with van der Waals surface area (Å²) < 4.78 is 22.9. The largest absolute Gasteiger partial charge is 0.309 e. The molecule has 0 amide bonds. The second-order valence-corrected chi connectivity index (χ2v) is 6.09. The molecule has 0 bridgehead atoms. The van der Waals surface area contributed by atoms with Crippen molar-refractivity contribution in [3.8, 4) is 0 Å². The molecule has 0 saturated carbocycles. The fourth-order valence-electron chi connectivity index (χ4n) is 1.77. The Balaban J connectivity index is 2.92. The van der Waals surface area contributed by atoms with Gasteiger partial charge in [0, 0.05) is 0 Å². The van der Waals surface area contributed by atoms with Gasteiger partial charge in [0.1, 0.15) is 0 Å². The molecule has 1 rings (SSSR count). The summed E-state index contributed by atoms with van der Waals surface area (Å²) in [6.45, 7) is 2.88. The molecule has 0 heterocycles. The molecular formula is C12H20N2O2S. The lowest BCUT2D eigenvalue weighted by Gasteiger charge is -2.11. The van der Waals surface area contributed by atoms with Gasteiger partial charge in [-0.1, -0.05) is 17.7 Å². The van der Waals surface area contributed by atoms with Gasteiger partial charge < -0.3 is 4.90 Å². The van der Waals surface area contributed by atoms with E-state index in [1.54, 1.807) is 12.1 Å². The summed E-state index contributed by atoms with van der Waals surface area (Å²) >= 11 is 0. The van der Waals surface area contributed by atoms with Gasteiger partial charge in [-0.25, -0.2) is 13.6 Å². The van der Waals surface area contributed by atoms with Gasteiger partial charge in [-0.2, -0.15) is 0 Å². The third-order valence-electron chi connectivity index (χ3n) is 2.57. The van der Waals surface area contributed by atoms with Crippen molar-refractivity contribution >= 4 is 10.0 Å². The maximum atomic E-state index is 11.4. The van der Waals surface area contributed by atoms with Gasteiger partial charge in [0.05, 0.1) is 4.90 Å². The van der Waals surface area contributed by atoms with E-state index in [-0.39, 0.29) is 4.90 Å². The number of nitrogens with zero attached hydrogens (tertiary/aromatic N) is 1. The van der Waals surface area contributed by atoms with Gasteiger partial charge in [-0.15, -0.1) is 0 Å². The van der Waals surface area contributed by atoms with E-state index in [1.807, 2.05) is 27.1 Å². The monoisotopic (exact) mass is 256 g/mol. The van der Waals surface area contributed by atoms with Crippen LogP contribution in [-0.2, 0) is 16.4 Å². The van der Waals surface area contributed by atoms with Crippen LogP contribution in [-0.4, -0.2) is 34.0 Å². The smallest absolute Gasteiger partial charge is 0.238 e. The zero-order valence-electron chi connectivity index (χ0n) is 10.6. The normalized spacial score (nSPS) is 12.1. The summed E-state index contributed by atoms with van der Waals surface area (Å²) in [5.41, 5.74) is 1.87. The maximum absolute atomic E-state index is 11.4. The number of hydrogen-bond donors (Lipinski definition) is 1. The molecule has 1 aromatic carbocycles. The van der Waals surface area contributed by atoms with Crippen molar-refractivity contribution in [2.24, 2.45) is 5.14 Å². The molecule has 0 saturated heterocycles. The third kappa shape index (κ3) is 4.46. The Labute approximate surface area is 103 Å². The predicted molar refractivity (Wildman–Crippen MR) is 69.4 cm³/mol. The Bertz CT molecular complexity index is 481. The van der Waals surface area contributed by atoms with E-state index in [4.69, 9.17) is 5.14 Å². The van der Waals surface area contributed by atoms with Crippen molar-refractivity contribution in [3.05, 3.63) is 29.3 Å². The van der Waals surface area contributed by atoms with Crippen LogP contribution in [0, 0.1) is 6.92 Å².